The van der Waals surface area contributed by atoms with Crippen LogP contribution in [0.25, 0.3) is 0 Å². The third-order valence-electron chi connectivity index (χ3n) is 3.06. The van der Waals surface area contributed by atoms with Crippen LogP contribution in [0.15, 0.2) is 29.8 Å². The molecule has 5 heteroatoms. The number of esters is 1. The van der Waals surface area contributed by atoms with Crippen molar-refractivity contribution in [3.8, 4) is 0 Å². The maximum Gasteiger partial charge on any atom is 0.310 e. The Balaban J connectivity index is 1.91. The molecule has 1 N–H and O–H groups in total. The third-order valence-corrected chi connectivity index (χ3v) is 3.06. The predicted octanol–water partition coefficient (Wildman–Crippen LogP) is 1.32. The molecule has 0 radical (unpaired) electrons. The highest BCUT2D eigenvalue weighted by Gasteiger charge is 2.23. The lowest BCUT2D eigenvalue weighted by molar-refractivity contribution is -0.144. The molecule has 1 aromatic carbocycles. The first-order chi connectivity index (χ1) is 9.45. The molecule has 2 amide bonds. The lowest BCUT2D eigenvalue weighted by Crippen LogP contribution is -2.23. The van der Waals surface area contributed by atoms with Crippen LogP contribution in [0.5, 0.6) is 0 Å². The van der Waals surface area contributed by atoms with Gasteiger partial charge in [0.2, 0.25) is 0 Å². The molecule has 5 nitrogen and oxygen atoms in total. The molecule has 104 valence electrons. The Morgan fingerprint density at radius 3 is 2.60 bits per heavy atom. The number of carbonyl (C=O) groups excluding carboxylic acids is 3. The molecule has 0 fully saturated rings. The Kier molecular flexibility index (Phi) is 3.98. The summed E-state index contributed by atoms with van der Waals surface area (Å²) in [7, 11) is 0. The van der Waals surface area contributed by atoms with E-state index < -0.39 is 17.8 Å². The van der Waals surface area contributed by atoms with E-state index in [9.17, 15) is 14.4 Å². The van der Waals surface area contributed by atoms with Crippen LogP contribution in [0, 0.1) is 13.8 Å². The number of benzene rings is 1. The van der Waals surface area contributed by atoms with Crippen molar-refractivity contribution in [2.45, 2.75) is 26.9 Å². The Labute approximate surface area is 116 Å². The lowest BCUT2D eigenvalue weighted by atomic mass is 10.1. The average Bonchev–Trinajstić information content (AvgIpc) is 2.66. The molecule has 0 saturated carbocycles. The summed E-state index contributed by atoms with van der Waals surface area (Å²) < 4.78 is 5.12. The molecule has 2 rings (SSSR count). The Morgan fingerprint density at radius 1 is 1.25 bits per heavy atom. The number of imide groups is 1. The van der Waals surface area contributed by atoms with E-state index in [0.717, 1.165) is 22.8 Å². The summed E-state index contributed by atoms with van der Waals surface area (Å²) in [5, 5.41) is 2.08. The number of ether oxygens (including phenoxy) is 1. The molecule has 20 heavy (non-hydrogen) atoms. The average molecular weight is 273 g/mol. The molecular weight excluding hydrogens is 258 g/mol. The van der Waals surface area contributed by atoms with Crippen molar-refractivity contribution in [3.63, 3.8) is 0 Å². The second kappa shape index (κ2) is 5.69. The summed E-state index contributed by atoms with van der Waals surface area (Å²) in [5.41, 5.74) is 3.25. The van der Waals surface area contributed by atoms with E-state index in [-0.39, 0.29) is 18.6 Å². The zero-order valence-corrected chi connectivity index (χ0v) is 11.4. The van der Waals surface area contributed by atoms with E-state index >= 15 is 0 Å². The van der Waals surface area contributed by atoms with Gasteiger partial charge in [0.05, 0.1) is 6.42 Å². The Bertz CT molecular complexity index is 616. The summed E-state index contributed by atoms with van der Waals surface area (Å²) in [6, 6.07) is 5.86. The SMILES string of the molecule is Cc1ccc(COC(=O)CC2=CC(=O)NC2=O)c(C)c1. The summed E-state index contributed by atoms with van der Waals surface area (Å²) in [5.74, 6) is -1.55. The Hall–Kier alpha value is -2.43. The summed E-state index contributed by atoms with van der Waals surface area (Å²) in [4.78, 5) is 33.9. The molecule has 0 aliphatic carbocycles. The van der Waals surface area contributed by atoms with Gasteiger partial charge in [0.25, 0.3) is 11.8 Å². The molecule has 0 unspecified atom stereocenters. The fraction of sp³-hybridized carbons (Fsp3) is 0.267. The van der Waals surface area contributed by atoms with E-state index in [1.807, 2.05) is 32.0 Å². The van der Waals surface area contributed by atoms with E-state index in [0.29, 0.717) is 0 Å². The van der Waals surface area contributed by atoms with Crippen LogP contribution in [-0.4, -0.2) is 17.8 Å². The van der Waals surface area contributed by atoms with Crippen molar-refractivity contribution >= 4 is 17.8 Å². The summed E-state index contributed by atoms with van der Waals surface area (Å²) >= 11 is 0. The van der Waals surface area contributed by atoms with Crippen molar-refractivity contribution in [3.05, 3.63) is 46.5 Å². The van der Waals surface area contributed by atoms with E-state index in [1.54, 1.807) is 0 Å². The number of aryl methyl sites for hydroxylation is 2. The standard InChI is InChI=1S/C15H15NO4/c1-9-3-4-11(10(2)5-9)8-20-14(18)7-12-6-13(17)16-15(12)19/h3-6H,7-8H2,1-2H3,(H,16,17,19). The zero-order chi connectivity index (χ0) is 14.7. The number of amides is 2. The molecule has 0 spiro atoms. The van der Waals surface area contributed by atoms with E-state index in [4.69, 9.17) is 4.74 Å². The first kappa shape index (κ1) is 14.0. The van der Waals surface area contributed by atoms with Crippen LogP contribution < -0.4 is 5.32 Å². The second-order valence-corrected chi connectivity index (χ2v) is 4.76. The number of hydrogen-bond donors (Lipinski definition) is 1. The highest BCUT2D eigenvalue weighted by Crippen LogP contribution is 2.13. The normalized spacial score (nSPS) is 14.0. The third kappa shape index (κ3) is 3.32. The lowest BCUT2D eigenvalue weighted by Gasteiger charge is -2.08. The van der Waals surface area contributed by atoms with Gasteiger partial charge in [-0.05, 0) is 25.0 Å². The molecule has 1 aliphatic heterocycles. The van der Waals surface area contributed by atoms with Crippen LogP contribution in [-0.2, 0) is 25.7 Å². The molecule has 0 bridgehead atoms. The summed E-state index contributed by atoms with van der Waals surface area (Å²) in [6.45, 7) is 4.10. The number of nitrogens with one attached hydrogen (secondary N) is 1. The zero-order valence-electron chi connectivity index (χ0n) is 11.4. The fourth-order valence-corrected chi connectivity index (χ4v) is 1.96. The van der Waals surface area contributed by atoms with E-state index in [1.165, 1.54) is 0 Å². The minimum absolute atomic E-state index is 0.139. The van der Waals surface area contributed by atoms with Gasteiger partial charge in [-0.1, -0.05) is 23.8 Å². The van der Waals surface area contributed by atoms with Gasteiger partial charge in [0.1, 0.15) is 6.61 Å². The van der Waals surface area contributed by atoms with Crippen molar-refractivity contribution in [1.82, 2.24) is 5.32 Å². The molecule has 0 atom stereocenters. The first-order valence-electron chi connectivity index (χ1n) is 6.23. The topological polar surface area (TPSA) is 72.5 Å². The maximum atomic E-state index is 11.6. The van der Waals surface area contributed by atoms with Gasteiger partial charge in [-0.25, -0.2) is 0 Å². The van der Waals surface area contributed by atoms with Crippen LogP contribution >= 0.6 is 0 Å². The molecule has 1 aromatic rings. The van der Waals surface area contributed by atoms with E-state index in [2.05, 4.69) is 5.32 Å². The molecule has 0 aromatic heterocycles. The van der Waals surface area contributed by atoms with Gasteiger partial charge >= 0.3 is 5.97 Å². The van der Waals surface area contributed by atoms with Crippen molar-refractivity contribution in [2.75, 3.05) is 0 Å². The minimum Gasteiger partial charge on any atom is -0.461 e. The molecule has 1 heterocycles. The number of carbonyl (C=O) groups is 3. The monoisotopic (exact) mass is 273 g/mol. The molecule has 1 aliphatic rings. The quantitative estimate of drug-likeness (QED) is 0.663. The maximum absolute atomic E-state index is 11.6. The van der Waals surface area contributed by atoms with Crippen molar-refractivity contribution < 1.29 is 19.1 Å². The van der Waals surface area contributed by atoms with Gasteiger partial charge in [-0.2, -0.15) is 0 Å². The van der Waals surface area contributed by atoms with Crippen molar-refractivity contribution in [2.24, 2.45) is 0 Å². The van der Waals surface area contributed by atoms with Crippen LogP contribution in [0.2, 0.25) is 0 Å². The van der Waals surface area contributed by atoms with Crippen LogP contribution in [0.4, 0.5) is 0 Å². The number of hydrogen-bond acceptors (Lipinski definition) is 4. The second-order valence-electron chi connectivity index (χ2n) is 4.76. The fourth-order valence-electron chi connectivity index (χ4n) is 1.96. The van der Waals surface area contributed by atoms with Crippen LogP contribution in [0.1, 0.15) is 23.1 Å². The minimum atomic E-state index is -0.529. The Morgan fingerprint density at radius 2 is 2.00 bits per heavy atom. The summed E-state index contributed by atoms with van der Waals surface area (Å²) in [6.07, 6.45) is 0.934. The number of rotatable bonds is 4. The largest absolute Gasteiger partial charge is 0.461 e. The van der Waals surface area contributed by atoms with Gasteiger partial charge in [-0.15, -0.1) is 0 Å². The van der Waals surface area contributed by atoms with Gasteiger partial charge in [0, 0.05) is 11.6 Å². The van der Waals surface area contributed by atoms with Gasteiger partial charge < -0.3 is 4.74 Å². The highest BCUT2D eigenvalue weighted by molar-refractivity contribution is 6.17. The molecule has 0 saturated heterocycles. The van der Waals surface area contributed by atoms with Gasteiger partial charge in [-0.3, -0.25) is 19.7 Å². The van der Waals surface area contributed by atoms with Gasteiger partial charge in [0.15, 0.2) is 0 Å². The first-order valence-corrected chi connectivity index (χ1v) is 6.23. The predicted molar refractivity (Wildman–Crippen MR) is 71.6 cm³/mol. The van der Waals surface area contributed by atoms with Crippen molar-refractivity contribution in [1.29, 1.82) is 0 Å². The molecular formula is C15H15NO4. The highest BCUT2D eigenvalue weighted by atomic mass is 16.5. The van der Waals surface area contributed by atoms with Crippen LogP contribution in [0.3, 0.4) is 0 Å². The smallest absolute Gasteiger partial charge is 0.310 e.